The average Bonchev–Trinajstić information content (AvgIpc) is 3.51. The predicted octanol–water partition coefficient (Wildman–Crippen LogP) is 14.3. The molecule has 0 bridgehead atoms. The van der Waals surface area contributed by atoms with E-state index in [9.17, 15) is 0 Å². The van der Waals surface area contributed by atoms with Crippen LogP contribution in [0.3, 0.4) is 0 Å². The van der Waals surface area contributed by atoms with E-state index >= 15 is 0 Å². The van der Waals surface area contributed by atoms with E-state index in [1.165, 1.54) is 107 Å². The Bertz CT molecular complexity index is 3100. The zero-order chi connectivity index (χ0) is 32.1. The molecule has 0 saturated carbocycles. The highest BCUT2D eigenvalue weighted by molar-refractivity contribution is 7.25. The largest absolute Gasteiger partial charge is 0.135 e. The van der Waals surface area contributed by atoms with Crippen LogP contribution in [0.25, 0.3) is 107 Å². The molecule has 0 radical (unpaired) electrons. The van der Waals surface area contributed by atoms with Crippen molar-refractivity contribution in [3.05, 3.63) is 170 Å². The first kappa shape index (κ1) is 27.0. The smallest absolute Gasteiger partial charge is 0.0361 e. The summed E-state index contributed by atoms with van der Waals surface area (Å²) in [4.78, 5) is 0. The molecule has 0 fully saturated rings. The standard InChI is InChI=1S/C48H28S/c1-2-11-30-25-43-33(24-29(30)10-1)20-22-36-35(43)18-9-19-38(36)48-41-16-7-5-14-39(41)47(40-15-6-8-17-42(40)48)34-21-23-37-44-26-31-12-3-4-13-32(31)27-46(44)49-45(37)28-34/h1-28H. The lowest BCUT2D eigenvalue weighted by molar-refractivity contribution is 1.70. The van der Waals surface area contributed by atoms with E-state index in [1.807, 2.05) is 11.3 Å². The van der Waals surface area contributed by atoms with Gasteiger partial charge in [0.25, 0.3) is 0 Å². The van der Waals surface area contributed by atoms with Crippen LogP contribution in [-0.2, 0) is 0 Å². The van der Waals surface area contributed by atoms with Crippen molar-refractivity contribution in [2.45, 2.75) is 0 Å². The first-order valence-corrected chi connectivity index (χ1v) is 17.7. The SMILES string of the molecule is c1ccc2cc3c(ccc4c(-c5c6ccccc6c(-c6ccc7c(c6)sc6cc8ccccc8cc67)c6ccccc56)cccc43)cc2c1. The Morgan fingerprint density at radius 3 is 1.49 bits per heavy atom. The molecule has 0 aliphatic rings. The van der Waals surface area contributed by atoms with E-state index in [0.29, 0.717) is 0 Å². The maximum atomic E-state index is 2.42. The van der Waals surface area contributed by atoms with E-state index in [4.69, 9.17) is 0 Å². The molecule has 0 aliphatic heterocycles. The van der Waals surface area contributed by atoms with Gasteiger partial charge in [-0.25, -0.2) is 0 Å². The molecule has 1 aromatic heterocycles. The molecule has 1 heteroatoms. The van der Waals surface area contributed by atoms with Gasteiger partial charge in [0.05, 0.1) is 0 Å². The number of hydrogen-bond acceptors (Lipinski definition) is 1. The zero-order valence-electron chi connectivity index (χ0n) is 26.6. The highest BCUT2D eigenvalue weighted by Crippen LogP contribution is 2.47. The third-order valence-electron chi connectivity index (χ3n) is 10.6. The number of thiophene rings is 1. The second-order valence-electron chi connectivity index (χ2n) is 13.2. The molecule has 0 atom stereocenters. The van der Waals surface area contributed by atoms with Crippen LogP contribution in [0.4, 0.5) is 0 Å². The molecule has 11 aromatic rings. The summed E-state index contributed by atoms with van der Waals surface area (Å²) in [6, 6.07) is 63.4. The Morgan fingerprint density at radius 2 is 0.796 bits per heavy atom. The van der Waals surface area contributed by atoms with Crippen molar-refractivity contribution < 1.29 is 0 Å². The summed E-state index contributed by atoms with van der Waals surface area (Å²) < 4.78 is 2.67. The third-order valence-corrected chi connectivity index (χ3v) is 11.7. The molecule has 0 nitrogen and oxygen atoms in total. The Labute approximate surface area is 287 Å². The molecule has 49 heavy (non-hydrogen) atoms. The second kappa shape index (κ2) is 10.2. The van der Waals surface area contributed by atoms with Gasteiger partial charge in [0.15, 0.2) is 0 Å². The summed E-state index contributed by atoms with van der Waals surface area (Å²) in [7, 11) is 0. The molecule has 1 heterocycles. The van der Waals surface area contributed by atoms with Crippen molar-refractivity contribution in [2.24, 2.45) is 0 Å². The lowest BCUT2D eigenvalue weighted by Crippen LogP contribution is -1.92. The minimum absolute atomic E-state index is 1.26. The molecule has 10 aromatic carbocycles. The van der Waals surface area contributed by atoms with Gasteiger partial charge in [-0.3, -0.25) is 0 Å². The fourth-order valence-corrected chi connectivity index (χ4v) is 9.52. The molecule has 0 spiro atoms. The second-order valence-corrected chi connectivity index (χ2v) is 14.3. The quantitative estimate of drug-likeness (QED) is 0.131. The van der Waals surface area contributed by atoms with Crippen LogP contribution in [0.1, 0.15) is 0 Å². The highest BCUT2D eigenvalue weighted by Gasteiger charge is 2.19. The van der Waals surface area contributed by atoms with E-state index in [0.717, 1.165) is 0 Å². The zero-order valence-corrected chi connectivity index (χ0v) is 27.4. The highest BCUT2D eigenvalue weighted by atomic mass is 32.1. The first-order valence-electron chi connectivity index (χ1n) is 16.9. The van der Waals surface area contributed by atoms with E-state index in [2.05, 4.69) is 170 Å². The van der Waals surface area contributed by atoms with Crippen molar-refractivity contribution >= 4 is 96.1 Å². The van der Waals surface area contributed by atoms with E-state index in [1.54, 1.807) is 0 Å². The van der Waals surface area contributed by atoms with Gasteiger partial charge in [-0.05, 0) is 117 Å². The monoisotopic (exact) mass is 636 g/mol. The molecular weight excluding hydrogens is 609 g/mol. The molecule has 0 unspecified atom stereocenters. The summed E-state index contributed by atoms with van der Waals surface area (Å²) in [6.45, 7) is 0. The van der Waals surface area contributed by atoms with Gasteiger partial charge in [0.1, 0.15) is 0 Å². The van der Waals surface area contributed by atoms with Crippen molar-refractivity contribution in [2.75, 3.05) is 0 Å². The van der Waals surface area contributed by atoms with Crippen LogP contribution >= 0.6 is 11.3 Å². The van der Waals surface area contributed by atoms with Gasteiger partial charge < -0.3 is 0 Å². The van der Waals surface area contributed by atoms with Crippen molar-refractivity contribution in [3.63, 3.8) is 0 Å². The normalized spacial score (nSPS) is 12.1. The number of rotatable bonds is 2. The van der Waals surface area contributed by atoms with Crippen molar-refractivity contribution in [1.29, 1.82) is 0 Å². The molecule has 11 rings (SSSR count). The van der Waals surface area contributed by atoms with Crippen LogP contribution < -0.4 is 0 Å². The fourth-order valence-electron chi connectivity index (χ4n) is 8.35. The number of fused-ring (bicyclic) bond motifs is 10. The number of benzene rings is 10. The van der Waals surface area contributed by atoms with Gasteiger partial charge in [-0.2, -0.15) is 0 Å². The van der Waals surface area contributed by atoms with Crippen molar-refractivity contribution in [3.8, 4) is 22.3 Å². The van der Waals surface area contributed by atoms with Gasteiger partial charge >= 0.3 is 0 Å². The van der Waals surface area contributed by atoms with Gasteiger partial charge in [-0.1, -0.05) is 140 Å². The third kappa shape index (κ3) is 3.97. The summed E-state index contributed by atoms with van der Waals surface area (Å²) in [5.41, 5.74) is 5.14. The summed E-state index contributed by atoms with van der Waals surface area (Å²) in [5, 5.41) is 18.1. The molecular formula is C48H28S. The number of hydrogen-bond donors (Lipinski definition) is 0. The minimum atomic E-state index is 1.26. The van der Waals surface area contributed by atoms with Gasteiger partial charge in [-0.15, -0.1) is 11.3 Å². The van der Waals surface area contributed by atoms with Gasteiger partial charge in [0, 0.05) is 20.2 Å². The van der Waals surface area contributed by atoms with Crippen LogP contribution in [0.2, 0.25) is 0 Å². The van der Waals surface area contributed by atoms with Crippen molar-refractivity contribution in [1.82, 2.24) is 0 Å². The predicted molar refractivity (Wildman–Crippen MR) is 215 cm³/mol. The fraction of sp³-hybridized carbons (Fsp3) is 0. The van der Waals surface area contributed by atoms with Crippen LogP contribution in [-0.4, -0.2) is 0 Å². The maximum Gasteiger partial charge on any atom is 0.0361 e. The average molecular weight is 637 g/mol. The Morgan fingerprint density at radius 1 is 0.265 bits per heavy atom. The molecule has 0 N–H and O–H groups in total. The lowest BCUT2D eigenvalue weighted by Gasteiger charge is -2.19. The Hall–Kier alpha value is -6.02. The topological polar surface area (TPSA) is 0 Å². The van der Waals surface area contributed by atoms with E-state index < -0.39 is 0 Å². The molecule has 226 valence electrons. The maximum absolute atomic E-state index is 2.42. The summed E-state index contributed by atoms with van der Waals surface area (Å²) >= 11 is 1.90. The van der Waals surface area contributed by atoms with Crippen LogP contribution in [0, 0.1) is 0 Å². The summed E-state index contributed by atoms with van der Waals surface area (Å²) in [5.74, 6) is 0. The molecule has 0 saturated heterocycles. The first-order chi connectivity index (χ1) is 24.3. The lowest BCUT2D eigenvalue weighted by atomic mass is 9.84. The minimum Gasteiger partial charge on any atom is -0.135 e. The van der Waals surface area contributed by atoms with Crippen LogP contribution in [0.5, 0.6) is 0 Å². The Kier molecular flexibility index (Phi) is 5.64. The Balaban J connectivity index is 1.19. The molecule has 0 amide bonds. The molecule has 0 aliphatic carbocycles. The summed E-state index contributed by atoms with van der Waals surface area (Å²) in [6.07, 6.45) is 0. The van der Waals surface area contributed by atoms with E-state index in [-0.39, 0.29) is 0 Å². The van der Waals surface area contributed by atoms with Crippen LogP contribution in [0.15, 0.2) is 170 Å². The van der Waals surface area contributed by atoms with Gasteiger partial charge in [0.2, 0.25) is 0 Å².